The molecule has 1 aliphatic carbocycles. The van der Waals surface area contributed by atoms with E-state index in [1.54, 1.807) is 6.07 Å². The topological polar surface area (TPSA) is 27.0 Å². The van der Waals surface area contributed by atoms with Crippen LogP contribution >= 0.6 is 0 Å². The summed E-state index contributed by atoms with van der Waals surface area (Å²) in [6.45, 7) is 6.87. The molecule has 0 heterocycles. The van der Waals surface area contributed by atoms with Crippen LogP contribution in [0.25, 0.3) is 0 Å². The van der Waals surface area contributed by atoms with Gasteiger partial charge in [0.15, 0.2) is 0 Å². The molecule has 0 aromatic heterocycles. The van der Waals surface area contributed by atoms with Gasteiger partial charge in [0, 0.05) is 19.4 Å². The predicted octanol–water partition coefficient (Wildman–Crippen LogP) is 6.28. The van der Waals surface area contributed by atoms with E-state index in [2.05, 4.69) is 66.4 Å². The van der Waals surface area contributed by atoms with E-state index in [0.717, 1.165) is 51.7 Å². The van der Waals surface area contributed by atoms with E-state index in [9.17, 15) is 4.39 Å². The highest BCUT2D eigenvalue weighted by Gasteiger charge is 2.27. The third-order valence-electron chi connectivity index (χ3n) is 5.48. The number of rotatable bonds is 8. The highest BCUT2D eigenvalue weighted by molar-refractivity contribution is 5.27. The second-order valence-electron chi connectivity index (χ2n) is 7.48. The maximum Gasteiger partial charge on any atom is 0.107 e. The monoisotopic (exact) mass is 380 g/mol. The second kappa shape index (κ2) is 12.3. The van der Waals surface area contributed by atoms with Gasteiger partial charge in [-0.2, -0.15) is 5.26 Å². The van der Waals surface area contributed by atoms with Crippen molar-refractivity contribution in [1.82, 2.24) is 4.90 Å². The molecule has 28 heavy (non-hydrogen) atoms. The Balaban J connectivity index is 0.000000878. The Bertz CT molecular complexity index is 706. The standard InChI is InChI=1S/C23H30FN.C2H3N/c1-2-25(18-20-8-4-3-5-9-20)17-7-10-19-13-15-21(16-14-19)22-11-6-12-23(22)24;1-2-3/h3-5,8-9,13-16,22-23H,2,6-7,10-12,17-18H2,1H3;1H3. The van der Waals surface area contributed by atoms with Gasteiger partial charge in [-0.25, -0.2) is 4.39 Å². The van der Waals surface area contributed by atoms with Gasteiger partial charge in [-0.15, -0.1) is 0 Å². The summed E-state index contributed by atoms with van der Waals surface area (Å²) in [7, 11) is 0. The molecule has 1 aliphatic rings. The smallest absolute Gasteiger partial charge is 0.107 e. The minimum Gasteiger partial charge on any atom is -0.299 e. The van der Waals surface area contributed by atoms with E-state index in [-0.39, 0.29) is 5.92 Å². The molecule has 0 amide bonds. The molecule has 1 saturated carbocycles. The molecule has 3 rings (SSSR count). The fourth-order valence-electron chi connectivity index (χ4n) is 3.92. The maximum absolute atomic E-state index is 13.9. The van der Waals surface area contributed by atoms with Crippen molar-refractivity contribution in [3.8, 4) is 6.07 Å². The summed E-state index contributed by atoms with van der Waals surface area (Å²) < 4.78 is 13.9. The van der Waals surface area contributed by atoms with Gasteiger partial charge in [0.2, 0.25) is 0 Å². The van der Waals surface area contributed by atoms with Crippen molar-refractivity contribution in [2.45, 2.75) is 64.6 Å². The first kappa shape index (κ1) is 22.1. The van der Waals surface area contributed by atoms with E-state index in [1.165, 1.54) is 23.6 Å². The molecule has 2 unspecified atom stereocenters. The first-order chi connectivity index (χ1) is 13.7. The van der Waals surface area contributed by atoms with Crippen LogP contribution in [0.1, 0.15) is 62.1 Å². The molecule has 0 aliphatic heterocycles. The van der Waals surface area contributed by atoms with Crippen LogP contribution in [0.4, 0.5) is 4.39 Å². The maximum atomic E-state index is 13.9. The molecular formula is C25H33FN2. The lowest BCUT2D eigenvalue weighted by molar-refractivity contribution is 0.276. The molecule has 2 aromatic carbocycles. The zero-order valence-corrected chi connectivity index (χ0v) is 17.3. The van der Waals surface area contributed by atoms with Crippen molar-refractivity contribution in [1.29, 1.82) is 5.26 Å². The quantitative estimate of drug-likeness (QED) is 0.539. The summed E-state index contributed by atoms with van der Waals surface area (Å²) in [5.41, 5.74) is 3.94. The summed E-state index contributed by atoms with van der Waals surface area (Å²) in [5.74, 6) is 0.135. The normalized spacial score (nSPS) is 18.4. The highest BCUT2D eigenvalue weighted by Crippen LogP contribution is 2.36. The predicted molar refractivity (Wildman–Crippen MR) is 115 cm³/mol. The summed E-state index contributed by atoms with van der Waals surface area (Å²) >= 11 is 0. The number of aryl methyl sites for hydroxylation is 1. The van der Waals surface area contributed by atoms with Crippen molar-refractivity contribution in [2.75, 3.05) is 13.1 Å². The third kappa shape index (κ3) is 7.09. The fourth-order valence-corrected chi connectivity index (χ4v) is 3.92. The van der Waals surface area contributed by atoms with Crippen molar-refractivity contribution in [3.05, 3.63) is 71.3 Å². The number of nitriles is 1. The molecule has 0 N–H and O–H groups in total. The largest absolute Gasteiger partial charge is 0.299 e. The van der Waals surface area contributed by atoms with Crippen LogP contribution in [0.15, 0.2) is 54.6 Å². The van der Waals surface area contributed by atoms with Gasteiger partial charge < -0.3 is 0 Å². The lowest BCUT2D eigenvalue weighted by atomic mass is 9.95. The zero-order chi connectivity index (χ0) is 20.2. The van der Waals surface area contributed by atoms with Crippen molar-refractivity contribution in [2.24, 2.45) is 0 Å². The van der Waals surface area contributed by atoms with Crippen LogP contribution in [-0.2, 0) is 13.0 Å². The fraction of sp³-hybridized carbons (Fsp3) is 0.480. The Kier molecular flexibility index (Phi) is 9.72. The number of halogens is 1. The van der Waals surface area contributed by atoms with E-state index in [4.69, 9.17) is 5.26 Å². The van der Waals surface area contributed by atoms with E-state index < -0.39 is 6.17 Å². The lowest BCUT2D eigenvalue weighted by Gasteiger charge is -2.20. The van der Waals surface area contributed by atoms with Gasteiger partial charge in [0.25, 0.3) is 0 Å². The van der Waals surface area contributed by atoms with Crippen molar-refractivity contribution in [3.63, 3.8) is 0 Å². The van der Waals surface area contributed by atoms with Gasteiger partial charge in [-0.1, -0.05) is 61.5 Å². The molecule has 0 bridgehead atoms. The third-order valence-corrected chi connectivity index (χ3v) is 5.48. The number of hydrogen-bond donors (Lipinski definition) is 0. The minimum atomic E-state index is -0.637. The van der Waals surface area contributed by atoms with Crippen LogP contribution in [0, 0.1) is 11.3 Å². The average molecular weight is 381 g/mol. The van der Waals surface area contributed by atoms with Gasteiger partial charge in [0.1, 0.15) is 6.17 Å². The van der Waals surface area contributed by atoms with Gasteiger partial charge in [0.05, 0.1) is 6.07 Å². The molecule has 150 valence electrons. The molecule has 2 atom stereocenters. The molecule has 0 spiro atoms. The van der Waals surface area contributed by atoms with E-state index in [1.807, 2.05) is 0 Å². The number of alkyl halides is 1. The molecular weight excluding hydrogens is 347 g/mol. The molecule has 2 nitrogen and oxygen atoms in total. The number of nitrogens with zero attached hydrogens (tertiary/aromatic N) is 2. The van der Waals surface area contributed by atoms with Crippen LogP contribution in [0.5, 0.6) is 0 Å². The van der Waals surface area contributed by atoms with Crippen LogP contribution < -0.4 is 0 Å². The van der Waals surface area contributed by atoms with E-state index >= 15 is 0 Å². The Morgan fingerprint density at radius 3 is 2.29 bits per heavy atom. The second-order valence-corrected chi connectivity index (χ2v) is 7.48. The Labute approximate surface area is 170 Å². The van der Waals surface area contributed by atoms with Crippen LogP contribution in [-0.4, -0.2) is 24.2 Å². The molecule has 3 heteroatoms. The van der Waals surface area contributed by atoms with Crippen LogP contribution in [0.2, 0.25) is 0 Å². The average Bonchev–Trinajstić information content (AvgIpc) is 3.15. The number of hydrogen-bond acceptors (Lipinski definition) is 2. The Morgan fingerprint density at radius 1 is 1.04 bits per heavy atom. The van der Waals surface area contributed by atoms with Gasteiger partial charge >= 0.3 is 0 Å². The summed E-state index contributed by atoms with van der Waals surface area (Å²) in [6.07, 6.45) is 4.39. The van der Waals surface area contributed by atoms with Crippen LogP contribution in [0.3, 0.4) is 0 Å². The van der Waals surface area contributed by atoms with Crippen molar-refractivity contribution >= 4 is 0 Å². The minimum absolute atomic E-state index is 0.135. The Morgan fingerprint density at radius 2 is 1.71 bits per heavy atom. The molecule has 0 saturated heterocycles. The SMILES string of the molecule is CC#N.CCN(CCCc1ccc(C2CCCC2F)cc1)Cc1ccccc1. The summed E-state index contributed by atoms with van der Waals surface area (Å²) in [6, 6.07) is 21.1. The van der Waals surface area contributed by atoms with E-state index in [0.29, 0.717) is 0 Å². The number of benzene rings is 2. The zero-order valence-electron chi connectivity index (χ0n) is 17.3. The molecule has 2 aromatic rings. The summed E-state index contributed by atoms with van der Waals surface area (Å²) in [4.78, 5) is 2.50. The van der Waals surface area contributed by atoms with Gasteiger partial charge in [-0.05, 0) is 61.9 Å². The first-order valence-corrected chi connectivity index (χ1v) is 10.5. The molecule has 1 fully saturated rings. The van der Waals surface area contributed by atoms with Crippen molar-refractivity contribution < 1.29 is 4.39 Å². The lowest BCUT2D eigenvalue weighted by Crippen LogP contribution is -2.24. The summed E-state index contributed by atoms with van der Waals surface area (Å²) in [5, 5.41) is 7.32. The van der Waals surface area contributed by atoms with Gasteiger partial charge in [-0.3, -0.25) is 4.90 Å². The first-order valence-electron chi connectivity index (χ1n) is 10.5. The highest BCUT2D eigenvalue weighted by atomic mass is 19.1. The molecule has 0 radical (unpaired) electrons. The Hall–Kier alpha value is -2.18.